The molecular weight excluding hydrogens is 360 g/mol. The molecule has 5 fully saturated rings. The zero-order valence-electron chi connectivity index (χ0n) is 17.0. The van der Waals surface area contributed by atoms with Crippen molar-refractivity contribution >= 4 is 17.7 Å². The van der Waals surface area contributed by atoms with Crippen molar-refractivity contribution in [1.29, 1.82) is 0 Å². The topological polar surface area (TPSA) is 77.4 Å². The number of rotatable bonds is 0. The first kappa shape index (κ1) is 17.2. The maximum Gasteiger partial charge on any atom is 0.419 e. The number of ether oxygens (including phenoxy) is 2. The molecule has 1 unspecified atom stereocenters. The van der Waals surface area contributed by atoms with E-state index in [1.807, 2.05) is 20.8 Å². The molecule has 0 N–H and O–H groups in total. The Morgan fingerprint density at radius 1 is 1.25 bits per heavy atom. The second-order valence-electron chi connectivity index (χ2n) is 10.7. The number of imide groups is 1. The normalized spacial score (nSPS) is 50.2. The van der Waals surface area contributed by atoms with E-state index in [4.69, 9.17) is 14.3 Å². The number of fused-ring (bicyclic) bond motifs is 1. The largest absolute Gasteiger partial charge is 0.443 e. The molecule has 7 atom stereocenters. The molecular formula is C21H28N2O5. The molecule has 2 amide bonds. The molecule has 3 saturated heterocycles. The Hall–Kier alpha value is -1.63. The molecule has 6 rings (SSSR count). The van der Waals surface area contributed by atoms with Crippen molar-refractivity contribution in [3.63, 3.8) is 0 Å². The van der Waals surface area contributed by atoms with Crippen LogP contribution in [0, 0.1) is 22.7 Å². The zero-order chi connectivity index (χ0) is 19.7. The fourth-order valence-corrected chi connectivity index (χ4v) is 7.94. The smallest absolute Gasteiger partial charge is 0.419 e. The van der Waals surface area contributed by atoms with Gasteiger partial charge in [-0.05, 0) is 59.3 Å². The summed E-state index contributed by atoms with van der Waals surface area (Å²) in [5, 5.41) is 4.41. The van der Waals surface area contributed by atoms with Crippen molar-refractivity contribution in [1.82, 2.24) is 4.90 Å². The van der Waals surface area contributed by atoms with Crippen molar-refractivity contribution in [3.05, 3.63) is 0 Å². The molecule has 0 radical (unpaired) electrons. The van der Waals surface area contributed by atoms with Gasteiger partial charge in [-0.2, -0.15) is 0 Å². The van der Waals surface area contributed by atoms with Crippen LogP contribution in [0.4, 0.5) is 4.79 Å². The lowest BCUT2D eigenvalue weighted by molar-refractivity contribution is -0.150. The van der Waals surface area contributed by atoms with Gasteiger partial charge in [-0.15, -0.1) is 0 Å². The SMILES string of the molecule is CC(C)(C)OC(=O)N1C(=O)[C@@H]2CC[C@@H]3ON=C4CC[C@@]5(C6CC[C@@]1(O6)[C@@]25C)[C@@H]43. The van der Waals surface area contributed by atoms with E-state index in [-0.39, 0.29) is 35.4 Å². The zero-order valence-corrected chi connectivity index (χ0v) is 17.0. The van der Waals surface area contributed by atoms with E-state index in [0.717, 1.165) is 31.4 Å². The summed E-state index contributed by atoms with van der Waals surface area (Å²) in [7, 11) is 0. The molecule has 4 aliphatic heterocycles. The summed E-state index contributed by atoms with van der Waals surface area (Å²) in [5.41, 5.74) is -1.03. The average molecular weight is 388 g/mol. The van der Waals surface area contributed by atoms with E-state index in [1.165, 1.54) is 4.90 Å². The Kier molecular flexibility index (Phi) is 2.92. The molecule has 0 aromatic heterocycles. The van der Waals surface area contributed by atoms with E-state index in [2.05, 4.69) is 12.1 Å². The lowest BCUT2D eigenvalue weighted by Crippen LogP contribution is -2.60. The number of carbonyl (C=O) groups excluding carboxylic acids is 2. The maximum absolute atomic E-state index is 13.7. The number of hydrogen-bond acceptors (Lipinski definition) is 6. The van der Waals surface area contributed by atoms with Gasteiger partial charge in [-0.1, -0.05) is 12.1 Å². The first-order valence-corrected chi connectivity index (χ1v) is 10.6. The number of oxime groups is 1. The highest BCUT2D eigenvalue weighted by Crippen LogP contribution is 2.79. The van der Waals surface area contributed by atoms with Gasteiger partial charge in [-0.3, -0.25) is 4.79 Å². The lowest BCUT2D eigenvalue weighted by atomic mass is 9.48. The van der Waals surface area contributed by atoms with Crippen molar-refractivity contribution in [2.45, 2.75) is 89.8 Å². The number of likely N-dealkylation sites (tertiary alicyclic amines) is 1. The van der Waals surface area contributed by atoms with Gasteiger partial charge >= 0.3 is 6.09 Å². The van der Waals surface area contributed by atoms with E-state index in [9.17, 15) is 9.59 Å². The third-order valence-corrected chi connectivity index (χ3v) is 8.71. The van der Waals surface area contributed by atoms with Crippen LogP contribution >= 0.6 is 0 Å². The van der Waals surface area contributed by atoms with Crippen molar-refractivity contribution in [2.75, 3.05) is 0 Å². The third-order valence-electron chi connectivity index (χ3n) is 8.71. The van der Waals surface area contributed by atoms with Crippen LogP contribution in [-0.4, -0.2) is 46.1 Å². The summed E-state index contributed by atoms with van der Waals surface area (Å²) in [4.78, 5) is 34.1. The van der Waals surface area contributed by atoms with Gasteiger partial charge in [0.1, 0.15) is 11.7 Å². The minimum atomic E-state index is -0.894. The maximum atomic E-state index is 13.7. The molecule has 0 aromatic rings. The molecule has 7 nitrogen and oxygen atoms in total. The molecule has 2 saturated carbocycles. The summed E-state index contributed by atoms with van der Waals surface area (Å²) in [6.07, 6.45) is 4.46. The standard InChI is InChI=1S/C21H28N2O5/c1-18(2,3)27-17(25)23-16(24)11-5-6-13-15-12(22-28-13)7-9-20(15)14-8-10-21(23,26-14)19(11,20)4/h11,13-15H,5-10H2,1-4H3/t11-,13-,14?,15-,19-,20+,21+/m0/s1. The average Bonchev–Trinajstić information content (AvgIpc) is 3.32. The van der Waals surface area contributed by atoms with Crippen LogP contribution in [0.25, 0.3) is 0 Å². The molecule has 6 aliphatic rings. The molecule has 2 aliphatic carbocycles. The van der Waals surface area contributed by atoms with Crippen LogP contribution in [0.1, 0.15) is 66.2 Å². The second kappa shape index (κ2) is 4.74. The Balaban J connectivity index is 1.53. The highest BCUT2D eigenvalue weighted by molar-refractivity contribution is 5.99. The summed E-state index contributed by atoms with van der Waals surface area (Å²) >= 11 is 0. The first-order valence-electron chi connectivity index (χ1n) is 10.6. The Labute approximate surface area is 164 Å². The summed E-state index contributed by atoms with van der Waals surface area (Å²) in [5.74, 6) is -0.151. The molecule has 2 spiro atoms. The molecule has 2 bridgehead atoms. The quantitative estimate of drug-likeness (QED) is 0.637. The van der Waals surface area contributed by atoms with Gasteiger partial charge in [0.15, 0.2) is 5.72 Å². The predicted octanol–water partition coefficient (Wildman–Crippen LogP) is 3.22. The van der Waals surface area contributed by atoms with Gasteiger partial charge in [0.05, 0.1) is 11.8 Å². The second-order valence-corrected chi connectivity index (χ2v) is 10.7. The van der Waals surface area contributed by atoms with Crippen LogP contribution in [0.5, 0.6) is 0 Å². The van der Waals surface area contributed by atoms with E-state index < -0.39 is 22.8 Å². The van der Waals surface area contributed by atoms with Crippen LogP contribution in [0.15, 0.2) is 5.16 Å². The summed E-state index contributed by atoms with van der Waals surface area (Å²) < 4.78 is 12.4. The van der Waals surface area contributed by atoms with E-state index >= 15 is 0 Å². The minimum absolute atomic E-state index is 0.0398. The summed E-state index contributed by atoms with van der Waals surface area (Å²) in [6.45, 7) is 7.70. The minimum Gasteiger partial charge on any atom is -0.443 e. The lowest BCUT2D eigenvalue weighted by Gasteiger charge is -2.52. The van der Waals surface area contributed by atoms with E-state index in [0.29, 0.717) is 12.8 Å². The van der Waals surface area contributed by atoms with Crippen LogP contribution in [-0.2, 0) is 19.1 Å². The fourth-order valence-electron chi connectivity index (χ4n) is 7.94. The molecule has 4 heterocycles. The van der Waals surface area contributed by atoms with Crippen LogP contribution in [0.2, 0.25) is 0 Å². The van der Waals surface area contributed by atoms with Crippen molar-refractivity contribution < 1.29 is 23.9 Å². The number of nitrogens with zero attached hydrogens (tertiary/aromatic N) is 2. The molecule has 7 heteroatoms. The predicted molar refractivity (Wildman–Crippen MR) is 98.2 cm³/mol. The Morgan fingerprint density at radius 3 is 2.79 bits per heavy atom. The van der Waals surface area contributed by atoms with Gasteiger partial charge in [0.2, 0.25) is 5.91 Å². The Bertz CT molecular complexity index is 833. The monoisotopic (exact) mass is 388 g/mol. The van der Waals surface area contributed by atoms with E-state index in [1.54, 1.807) is 0 Å². The van der Waals surface area contributed by atoms with Crippen molar-refractivity contribution in [2.24, 2.45) is 27.8 Å². The Morgan fingerprint density at radius 2 is 2.04 bits per heavy atom. The number of hydrogen-bond donors (Lipinski definition) is 0. The van der Waals surface area contributed by atoms with Crippen molar-refractivity contribution in [3.8, 4) is 0 Å². The van der Waals surface area contributed by atoms with Crippen LogP contribution < -0.4 is 0 Å². The number of amides is 2. The highest BCUT2D eigenvalue weighted by atomic mass is 16.6. The van der Waals surface area contributed by atoms with Crippen LogP contribution in [0.3, 0.4) is 0 Å². The number of carbonyl (C=O) groups is 2. The highest BCUT2D eigenvalue weighted by Gasteiger charge is 2.87. The van der Waals surface area contributed by atoms with Gasteiger partial charge in [0, 0.05) is 22.7 Å². The molecule has 152 valence electrons. The van der Waals surface area contributed by atoms with Gasteiger partial charge < -0.3 is 14.3 Å². The first-order chi connectivity index (χ1) is 13.2. The van der Waals surface area contributed by atoms with Gasteiger partial charge in [0.25, 0.3) is 0 Å². The molecule has 28 heavy (non-hydrogen) atoms. The summed E-state index contributed by atoms with van der Waals surface area (Å²) in [6, 6.07) is 0. The third kappa shape index (κ3) is 1.56. The molecule has 0 aromatic carbocycles. The van der Waals surface area contributed by atoms with Gasteiger partial charge in [-0.25, -0.2) is 9.69 Å². The fraction of sp³-hybridized carbons (Fsp3) is 0.857.